The maximum atomic E-state index is 12.5. The molecular formula is C18H34F3N5. The second kappa shape index (κ2) is 9.78. The van der Waals surface area contributed by atoms with E-state index in [1.165, 1.54) is 24.2 Å². The highest BCUT2D eigenvalue weighted by atomic mass is 19.4. The van der Waals surface area contributed by atoms with Crippen LogP contribution in [-0.2, 0) is 0 Å². The third kappa shape index (κ3) is 6.95. The molecule has 3 atom stereocenters. The van der Waals surface area contributed by atoms with Crippen molar-refractivity contribution >= 4 is 5.96 Å². The van der Waals surface area contributed by atoms with Crippen molar-refractivity contribution in [3.63, 3.8) is 0 Å². The van der Waals surface area contributed by atoms with Gasteiger partial charge in [-0.2, -0.15) is 13.2 Å². The highest BCUT2D eigenvalue weighted by Gasteiger charge is 2.34. The number of alkyl halides is 3. The Labute approximate surface area is 155 Å². The molecule has 2 fully saturated rings. The summed E-state index contributed by atoms with van der Waals surface area (Å²) in [5, 5.41) is 6.54. The molecular weight excluding hydrogens is 343 g/mol. The molecule has 0 aromatic carbocycles. The zero-order valence-electron chi connectivity index (χ0n) is 16.3. The summed E-state index contributed by atoms with van der Waals surface area (Å²) in [4.78, 5) is 8.67. The van der Waals surface area contributed by atoms with E-state index in [1.54, 1.807) is 0 Å². The number of hydrogen-bond donors (Lipinski definition) is 2. The predicted octanol–water partition coefficient (Wildman–Crippen LogP) is 2.44. The maximum absolute atomic E-state index is 12.5. The van der Waals surface area contributed by atoms with Crippen molar-refractivity contribution in [1.29, 1.82) is 0 Å². The monoisotopic (exact) mass is 377 g/mol. The lowest BCUT2D eigenvalue weighted by atomic mass is 10.0. The van der Waals surface area contributed by atoms with Crippen molar-refractivity contribution in [3.05, 3.63) is 0 Å². The van der Waals surface area contributed by atoms with Gasteiger partial charge in [-0.1, -0.05) is 6.42 Å². The van der Waals surface area contributed by atoms with Gasteiger partial charge in [0.1, 0.15) is 0 Å². The summed E-state index contributed by atoms with van der Waals surface area (Å²) >= 11 is 0. The fraction of sp³-hybridized carbons (Fsp3) is 0.944. The van der Waals surface area contributed by atoms with E-state index in [4.69, 9.17) is 4.99 Å². The van der Waals surface area contributed by atoms with E-state index in [9.17, 15) is 13.2 Å². The molecule has 0 bridgehead atoms. The molecule has 0 saturated carbocycles. The number of rotatable bonds is 6. The SMILES string of the molecule is CCNC(=NCC(C)N1CCCCC1C)NC1CCN(CC(F)(F)F)C1. The number of aliphatic imine (C=N–C) groups is 1. The Morgan fingerprint density at radius 2 is 2.00 bits per heavy atom. The van der Waals surface area contributed by atoms with Gasteiger partial charge >= 0.3 is 6.18 Å². The number of nitrogens with one attached hydrogen (secondary N) is 2. The third-order valence-electron chi connectivity index (χ3n) is 5.29. The lowest BCUT2D eigenvalue weighted by Crippen LogP contribution is -2.47. The first-order valence-electron chi connectivity index (χ1n) is 9.88. The van der Waals surface area contributed by atoms with Crippen LogP contribution in [0, 0.1) is 0 Å². The largest absolute Gasteiger partial charge is 0.401 e. The quantitative estimate of drug-likeness (QED) is 0.551. The minimum absolute atomic E-state index is 0.0133. The number of halogens is 3. The first-order valence-corrected chi connectivity index (χ1v) is 9.88. The summed E-state index contributed by atoms with van der Waals surface area (Å²) < 4.78 is 37.6. The van der Waals surface area contributed by atoms with Gasteiger partial charge in [-0.15, -0.1) is 0 Å². The van der Waals surface area contributed by atoms with Gasteiger partial charge in [0.15, 0.2) is 5.96 Å². The Hall–Kier alpha value is -1.02. The fourth-order valence-corrected chi connectivity index (χ4v) is 3.96. The third-order valence-corrected chi connectivity index (χ3v) is 5.29. The Kier molecular flexibility index (Phi) is 8.01. The van der Waals surface area contributed by atoms with Crippen LogP contribution in [0.2, 0.25) is 0 Å². The molecule has 0 aliphatic carbocycles. The van der Waals surface area contributed by atoms with Crippen LogP contribution >= 0.6 is 0 Å². The second-order valence-electron chi connectivity index (χ2n) is 7.63. The molecule has 0 radical (unpaired) electrons. The van der Waals surface area contributed by atoms with Crippen LogP contribution in [0.3, 0.4) is 0 Å². The van der Waals surface area contributed by atoms with Crippen LogP contribution < -0.4 is 10.6 Å². The van der Waals surface area contributed by atoms with Crippen molar-refractivity contribution in [2.45, 2.75) is 70.8 Å². The van der Waals surface area contributed by atoms with Gasteiger partial charge in [-0.3, -0.25) is 14.8 Å². The molecule has 5 nitrogen and oxygen atoms in total. The molecule has 152 valence electrons. The van der Waals surface area contributed by atoms with Gasteiger partial charge in [-0.05, 0) is 46.6 Å². The Bertz CT molecular complexity index is 455. The summed E-state index contributed by atoms with van der Waals surface area (Å²) in [6.45, 7) is 9.07. The minimum atomic E-state index is -4.13. The van der Waals surface area contributed by atoms with E-state index in [2.05, 4.69) is 29.4 Å². The molecule has 2 N–H and O–H groups in total. The highest BCUT2D eigenvalue weighted by Crippen LogP contribution is 2.20. The van der Waals surface area contributed by atoms with E-state index in [0.29, 0.717) is 44.1 Å². The van der Waals surface area contributed by atoms with Crippen molar-refractivity contribution in [3.8, 4) is 0 Å². The van der Waals surface area contributed by atoms with Gasteiger partial charge < -0.3 is 10.6 Å². The van der Waals surface area contributed by atoms with Crippen LogP contribution in [0.1, 0.15) is 46.5 Å². The zero-order valence-corrected chi connectivity index (χ0v) is 16.3. The standard InChI is InChI=1S/C18H34F3N5/c1-4-22-17(23-11-15(3)26-9-6-5-7-14(26)2)24-16-8-10-25(12-16)13-18(19,20)21/h14-16H,4-13H2,1-3H3,(H2,22,23,24). The summed E-state index contributed by atoms with van der Waals surface area (Å²) in [6.07, 6.45) is 0.360. The molecule has 26 heavy (non-hydrogen) atoms. The van der Waals surface area contributed by atoms with Crippen molar-refractivity contribution in [2.75, 3.05) is 39.3 Å². The minimum Gasteiger partial charge on any atom is -0.357 e. The molecule has 0 amide bonds. The number of likely N-dealkylation sites (tertiary alicyclic amines) is 2. The Balaban J connectivity index is 1.84. The van der Waals surface area contributed by atoms with Crippen molar-refractivity contribution < 1.29 is 13.2 Å². The summed E-state index contributed by atoms with van der Waals surface area (Å²) in [5.41, 5.74) is 0. The average Bonchev–Trinajstić information content (AvgIpc) is 2.98. The molecule has 2 heterocycles. The molecule has 2 rings (SSSR count). The van der Waals surface area contributed by atoms with Crippen LogP contribution in [0.4, 0.5) is 13.2 Å². The number of guanidine groups is 1. The molecule has 0 aromatic heterocycles. The zero-order chi connectivity index (χ0) is 19.2. The van der Waals surface area contributed by atoms with E-state index >= 15 is 0 Å². The van der Waals surface area contributed by atoms with Crippen molar-refractivity contribution in [1.82, 2.24) is 20.4 Å². The van der Waals surface area contributed by atoms with E-state index < -0.39 is 12.7 Å². The van der Waals surface area contributed by atoms with Gasteiger partial charge in [0.2, 0.25) is 0 Å². The second-order valence-corrected chi connectivity index (χ2v) is 7.63. The Morgan fingerprint density at radius 1 is 1.23 bits per heavy atom. The van der Waals surface area contributed by atoms with Crippen LogP contribution in [0.15, 0.2) is 4.99 Å². The summed E-state index contributed by atoms with van der Waals surface area (Å²) in [6, 6.07) is 0.973. The molecule has 0 spiro atoms. The van der Waals surface area contributed by atoms with Gasteiger partial charge in [0.25, 0.3) is 0 Å². The maximum Gasteiger partial charge on any atom is 0.401 e. The van der Waals surface area contributed by atoms with E-state index in [-0.39, 0.29) is 6.04 Å². The number of piperidine rings is 1. The number of nitrogens with zero attached hydrogens (tertiary/aromatic N) is 3. The predicted molar refractivity (Wildman–Crippen MR) is 99.5 cm³/mol. The molecule has 2 saturated heterocycles. The first kappa shape index (κ1) is 21.3. The highest BCUT2D eigenvalue weighted by molar-refractivity contribution is 5.80. The fourth-order valence-electron chi connectivity index (χ4n) is 3.96. The molecule has 8 heteroatoms. The number of hydrogen-bond acceptors (Lipinski definition) is 3. The lowest BCUT2D eigenvalue weighted by molar-refractivity contribution is -0.143. The topological polar surface area (TPSA) is 42.9 Å². The lowest BCUT2D eigenvalue weighted by Gasteiger charge is -2.37. The van der Waals surface area contributed by atoms with Crippen LogP contribution in [0.5, 0.6) is 0 Å². The molecule has 2 aliphatic heterocycles. The van der Waals surface area contributed by atoms with Gasteiger partial charge in [0.05, 0.1) is 13.1 Å². The summed E-state index contributed by atoms with van der Waals surface area (Å²) in [7, 11) is 0. The van der Waals surface area contributed by atoms with E-state index in [1.807, 2.05) is 6.92 Å². The van der Waals surface area contributed by atoms with Gasteiger partial charge in [0, 0.05) is 37.8 Å². The first-order chi connectivity index (χ1) is 12.3. The average molecular weight is 377 g/mol. The van der Waals surface area contributed by atoms with E-state index in [0.717, 1.165) is 13.1 Å². The van der Waals surface area contributed by atoms with Gasteiger partial charge in [-0.25, -0.2) is 0 Å². The normalized spacial score (nSPS) is 27.5. The Morgan fingerprint density at radius 3 is 2.65 bits per heavy atom. The molecule has 3 unspecified atom stereocenters. The van der Waals surface area contributed by atoms with Crippen LogP contribution in [0.25, 0.3) is 0 Å². The summed E-state index contributed by atoms with van der Waals surface area (Å²) in [5.74, 6) is 0.711. The van der Waals surface area contributed by atoms with Crippen LogP contribution in [-0.4, -0.2) is 79.3 Å². The smallest absolute Gasteiger partial charge is 0.357 e. The molecule has 2 aliphatic rings. The van der Waals surface area contributed by atoms with Crippen molar-refractivity contribution in [2.24, 2.45) is 4.99 Å². The molecule has 0 aromatic rings.